The zero-order valence-electron chi connectivity index (χ0n) is 12.1. The number of rotatable bonds is 4. The standard InChI is InChI=1S/C15H17F3N2O2/c1-9-5-10(7-11(6-9)15(16,17)18)14(22)19-8-13(21)20-12-3-2-4-12/h5-7,12H,2-4,8H2,1H3,(H,19,22)(H,20,21). The maximum atomic E-state index is 12.7. The Hall–Kier alpha value is -2.05. The summed E-state index contributed by atoms with van der Waals surface area (Å²) in [6.07, 6.45) is -1.59. The molecule has 7 heteroatoms. The van der Waals surface area contributed by atoms with E-state index in [0.717, 1.165) is 31.4 Å². The number of nitrogens with one attached hydrogen (secondary N) is 2. The smallest absolute Gasteiger partial charge is 0.352 e. The van der Waals surface area contributed by atoms with E-state index in [9.17, 15) is 22.8 Å². The zero-order chi connectivity index (χ0) is 16.3. The van der Waals surface area contributed by atoms with E-state index < -0.39 is 17.6 Å². The SMILES string of the molecule is Cc1cc(C(=O)NCC(=O)NC2CCC2)cc(C(F)(F)F)c1. The van der Waals surface area contributed by atoms with Gasteiger partial charge in [-0.3, -0.25) is 9.59 Å². The van der Waals surface area contributed by atoms with Crippen LogP contribution in [0.25, 0.3) is 0 Å². The summed E-state index contributed by atoms with van der Waals surface area (Å²) in [5.74, 6) is -1.03. The van der Waals surface area contributed by atoms with E-state index in [0.29, 0.717) is 5.56 Å². The molecule has 2 amide bonds. The van der Waals surface area contributed by atoms with Crippen molar-refractivity contribution in [1.29, 1.82) is 0 Å². The summed E-state index contributed by atoms with van der Waals surface area (Å²) < 4.78 is 38.2. The van der Waals surface area contributed by atoms with Crippen LogP contribution >= 0.6 is 0 Å². The van der Waals surface area contributed by atoms with Gasteiger partial charge >= 0.3 is 6.18 Å². The van der Waals surface area contributed by atoms with Crippen LogP contribution in [0.15, 0.2) is 18.2 Å². The van der Waals surface area contributed by atoms with Crippen LogP contribution in [-0.2, 0) is 11.0 Å². The molecule has 1 saturated carbocycles. The summed E-state index contributed by atoms with van der Waals surface area (Å²) in [6, 6.07) is 3.26. The van der Waals surface area contributed by atoms with E-state index in [-0.39, 0.29) is 24.1 Å². The maximum absolute atomic E-state index is 12.7. The van der Waals surface area contributed by atoms with Gasteiger partial charge in [0.15, 0.2) is 0 Å². The molecule has 4 nitrogen and oxygen atoms in total. The van der Waals surface area contributed by atoms with Crippen molar-refractivity contribution in [3.05, 3.63) is 34.9 Å². The molecule has 2 N–H and O–H groups in total. The van der Waals surface area contributed by atoms with Gasteiger partial charge in [-0.15, -0.1) is 0 Å². The number of halogens is 3. The van der Waals surface area contributed by atoms with Gasteiger partial charge in [0, 0.05) is 11.6 Å². The minimum Gasteiger partial charge on any atom is -0.352 e. The van der Waals surface area contributed by atoms with Crippen LogP contribution < -0.4 is 10.6 Å². The molecule has 0 radical (unpaired) electrons. The fraction of sp³-hybridized carbons (Fsp3) is 0.467. The Bertz CT molecular complexity index is 581. The van der Waals surface area contributed by atoms with Gasteiger partial charge in [0.1, 0.15) is 0 Å². The van der Waals surface area contributed by atoms with E-state index in [1.165, 1.54) is 13.0 Å². The van der Waals surface area contributed by atoms with Crippen molar-refractivity contribution >= 4 is 11.8 Å². The van der Waals surface area contributed by atoms with Crippen molar-refractivity contribution in [3.8, 4) is 0 Å². The Morgan fingerprint density at radius 2 is 1.91 bits per heavy atom. The summed E-state index contributed by atoms with van der Waals surface area (Å²) in [7, 11) is 0. The Morgan fingerprint density at radius 1 is 1.23 bits per heavy atom. The lowest BCUT2D eigenvalue weighted by Gasteiger charge is -2.26. The number of alkyl halides is 3. The second-order valence-electron chi connectivity index (χ2n) is 5.46. The highest BCUT2D eigenvalue weighted by Crippen LogP contribution is 2.30. The van der Waals surface area contributed by atoms with Gasteiger partial charge in [-0.25, -0.2) is 0 Å². The van der Waals surface area contributed by atoms with E-state index in [4.69, 9.17) is 0 Å². The third-order valence-corrected chi connectivity index (χ3v) is 3.55. The molecule has 1 aliphatic carbocycles. The molecule has 0 bridgehead atoms. The molecule has 0 atom stereocenters. The van der Waals surface area contributed by atoms with Crippen LogP contribution in [0.4, 0.5) is 13.2 Å². The molecule has 1 aliphatic rings. The third kappa shape index (κ3) is 4.22. The van der Waals surface area contributed by atoms with Crippen LogP contribution in [0.5, 0.6) is 0 Å². The molecule has 120 valence electrons. The van der Waals surface area contributed by atoms with E-state index in [2.05, 4.69) is 10.6 Å². The van der Waals surface area contributed by atoms with Crippen LogP contribution in [-0.4, -0.2) is 24.4 Å². The highest BCUT2D eigenvalue weighted by atomic mass is 19.4. The third-order valence-electron chi connectivity index (χ3n) is 3.55. The Kier molecular flexibility index (Phi) is 4.73. The van der Waals surface area contributed by atoms with Crippen molar-refractivity contribution in [2.24, 2.45) is 0 Å². The number of amides is 2. The number of aryl methyl sites for hydroxylation is 1. The summed E-state index contributed by atoms with van der Waals surface area (Å²) in [5, 5.41) is 5.08. The molecule has 0 heterocycles. The molecule has 0 unspecified atom stereocenters. The highest BCUT2D eigenvalue weighted by molar-refractivity contribution is 5.96. The fourth-order valence-corrected chi connectivity index (χ4v) is 2.17. The lowest BCUT2D eigenvalue weighted by atomic mass is 9.93. The largest absolute Gasteiger partial charge is 0.416 e. The monoisotopic (exact) mass is 314 g/mol. The fourth-order valence-electron chi connectivity index (χ4n) is 2.17. The first-order chi connectivity index (χ1) is 10.3. The van der Waals surface area contributed by atoms with Crippen LogP contribution in [0.2, 0.25) is 0 Å². The molecule has 0 aliphatic heterocycles. The van der Waals surface area contributed by atoms with Crippen molar-refractivity contribution in [3.63, 3.8) is 0 Å². The first-order valence-electron chi connectivity index (χ1n) is 7.02. The topological polar surface area (TPSA) is 58.2 Å². The summed E-state index contributed by atoms with van der Waals surface area (Å²) in [6.45, 7) is 1.24. The molecule has 1 aromatic carbocycles. The van der Waals surface area contributed by atoms with Crippen molar-refractivity contribution < 1.29 is 22.8 Å². The van der Waals surface area contributed by atoms with Gasteiger partial charge in [-0.2, -0.15) is 13.2 Å². The van der Waals surface area contributed by atoms with Crippen LogP contribution in [0.3, 0.4) is 0 Å². The Labute approximate surface area is 126 Å². The quantitative estimate of drug-likeness (QED) is 0.896. The van der Waals surface area contributed by atoms with Gasteiger partial charge in [-0.05, 0) is 49.9 Å². The molecular formula is C15H17F3N2O2. The molecule has 22 heavy (non-hydrogen) atoms. The highest BCUT2D eigenvalue weighted by Gasteiger charge is 2.31. The van der Waals surface area contributed by atoms with Gasteiger partial charge in [0.25, 0.3) is 5.91 Å². The average Bonchev–Trinajstić information content (AvgIpc) is 2.38. The Morgan fingerprint density at radius 3 is 2.45 bits per heavy atom. The summed E-state index contributed by atoms with van der Waals surface area (Å²) in [5.41, 5.74) is -0.653. The molecule has 0 aromatic heterocycles. The molecular weight excluding hydrogens is 297 g/mol. The predicted octanol–water partition coefficient (Wildman–Crippen LogP) is 2.41. The first-order valence-corrected chi connectivity index (χ1v) is 7.02. The van der Waals surface area contributed by atoms with Crippen molar-refractivity contribution in [2.75, 3.05) is 6.54 Å². The van der Waals surface area contributed by atoms with Gasteiger partial charge in [-0.1, -0.05) is 0 Å². The van der Waals surface area contributed by atoms with E-state index in [1.54, 1.807) is 0 Å². The van der Waals surface area contributed by atoms with E-state index in [1.807, 2.05) is 0 Å². The lowest BCUT2D eigenvalue weighted by molar-refractivity contribution is -0.137. The van der Waals surface area contributed by atoms with Crippen molar-refractivity contribution in [1.82, 2.24) is 10.6 Å². The number of benzene rings is 1. The lowest BCUT2D eigenvalue weighted by Crippen LogP contribution is -2.44. The van der Waals surface area contributed by atoms with Crippen molar-refractivity contribution in [2.45, 2.75) is 38.4 Å². The maximum Gasteiger partial charge on any atom is 0.416 e. The van der Waals surface area contributed by atoms with Crippen LogP contribution in [0, 0.1) is 6.92 Å². The van der Waals surface area contributed by atoms with Gasteiger partial charge in [0.05, 0.1) is 12.1 Å². The van der Waals surface area contributed by atoms with Gasteiger partial charge in [0.2, 0.25) is 5.91 Å². The minimum atomic E-state index is -4.51. The predicted molar refractivity (Wildman–Crippen MR) is 74.3 cm³/mol. The molecule has 2 rings (SSSR count). The number of hydrogen-bond donors (Lipinski definition) is 2. The average molecular weight is 314 g/mol. The summed E-state index contributed by atoms with van der Waals surface area (Å²) in [4.78, 5) is 23.5. The molecule has 1 fully saturated rings. The molecule has 0 spiro atoms. The van der Waals surface area contributed by atoms with Gasteiger partial charge < -0.3 is 10.6 Å². The molecule has 0 saturated heterocycles. The normalized spacial score (nSPS) is 15.1. The summed E-state index contributed by atoms with van der Waals surface area (Å²) >= 11 is 0. The van der Waals surface area contributed by atoms with Crippen LogP contribution in [0.1, 0.15) is 40.7 Å². The molecule has 1 aromatic rings. The zero-order valence-corrected chi connectivity index (χ0v) is 12.1. The first kappa shape index (κ1) is 16.3. The van der Waals surface area contributed by atoms with E-state index >= 15 is 0 Å². The Balaban J connectivity index is 1.96. The number of carbonyl (C=O) groups excluding carboxylic acids is 2. The number of hydrogen-bond acceptors (Lipinski definition) is 2. The minimum absolute atomic E-state index is 0.108. The number of carbonyl (C=O) groups is 2. The second kappa shape index (κ2) is 6.37. The second-order valence-corrected chi connectivity index (χ2v) is 5.46.